The number of hydrogen-bond donors (Lipinski definition) is 1. The van der Waals surface area contributed by atoms with Crippen molar-refractivity contribution in [2.75, 3.05) is 13.1 Å². The Morgan fingerprint density at radius 1 is 1.19 bits per heavy atom. The maximum absolute atomic E-state index is 13.7. The van der Waals surface area contributed by atoms with Crippen LogP contribution in [0.5, 0.6) is 0 Å². The van der Waals surface area contributed by atoms with Crippen LogP contribution in [-0.4, -0.2) is 63.7 Å². The van der Waals surface area contributed by atoms with Gasteiger partial charge in [-0.3, -0.25) is 14.5 Å². The molecule has 2 N–H and O–H groups in total. The third-order valence-corrected chi connectivity index (χ3v) is 7.93. The minimum atomic E-state index is -0.781. The number of nitrogens with zero attached hydrogens (tertiary/aromatic N) is 4. The van der Waals surface area contributed by atoms with Crippen molar-refractivity contribution >= 4 is 34.9 Å². The quantitative estimate of drug-likeness (QED) is 0.497. The number of amides is 1. The highest BCUT2D eigenvalue weighted by molar-refractivity contribution is 6.41. The number of nitrogens with two attached hydrogens (primary N) is 1. The normalized spacial score (nSPS) is 23.1. The highest BCUT2D eigenvalue weighted by atomic mass is 35.5. The average molecular weight is 528 g/mol. The molecule has 2 fully saturated rings. The molecule has 0 bridgehead atoms. The Morgan fingerprint density at radius 2 is 1.97 bits per heavy atom. The van der Waals surface area contributed by atoms with E-state index in [4.69, 9.17) is 28.9 Å². The first-order valence-corrected chi connectivity index (χ1v) is 13.2. The first-order valence-electron chi connectivity index (χ1n) is 12.4. The molecule has 3 heterocycles. The Kier molecular flexibility index (Phi) is 8.97. The smallest absolute Gasteiger partial charge is 0.240 e. The van der Waals surface area contributed by atoms with Gasteiger partial charge in [0.25, 0.3) is 0 Å². The van der Waals surface area contributed by atoms with E-state index in [0.717, 1.165) is 19.3 Å². The molecule has 1 amide bonds. The molecule has 0 saturated carbocycles. The number of aryl methyl sites for hydroxylation is 2. The van der Waals surface area contributed by atoms with Crippen LogP contribution in [0.2, 0.25) is 10.2 Å². The summed E-state index contributed by atoms with van der Waals surface area (Å²) in [5.74, 6) is -0.235. The first-order chi connectivity index (χ1) is 17.4. The van der Waals surface area contributed by atoms with Crippen molar-refractivity contribution in [3.8, 4) is 6.07 Å². The molecule has 190 valence electrons. The zero-order valence-corrected chi connectivity index (χ0v) is 21.7. The van der Waals surface area contributed by atoms with Gasteiger partial charge in [-0.05, 0) is 49.8 Å². The molecule has 4 rings (SSSR count). The number of hydrogen-bond acceptors (Lipinski definition) is 6. The maximum Gasteiger partial charge on any atom is 0.240 e. The van der Waals surface area contributed by atoms with Crippen LogP contribution in [-0.2, 0) is 22.4 Å². The number of ketones is 1. The van der Waals surface area contributed by atoms with E-state index in [2.05, 4.69) is 28.1 Å². The molecule has 2 aliphatic rings. The van der Waals surface area contributed by atoms with Crippen molar-refractivity contribution in [1.29, 1.82) is 5.26 Å². The van der Waals surface area contributed by atoms with Crippen molar-refractivity contribution in [2.24, 2.45) is 5.73 Å². The number of pyridine rings is 1. The molecule has 2 aromatic rings. The molecule has 1 aromatic carbocycles. The lowest BCUT2D eigenvalue weighted by Gasteiger charge is -2.31. The predicted octanol–water partition coefficient (Wildman–Crippen LogP) is 3.81. The molecule has 2 saturated heterocycles. The monoisotopic (exact) mass is 527 g/mol. The van der Waals surface area contributed by atoms with Gasteiger partial charge in [0.05, 0.1) is 23.6 Å². The lowest BCUT2D eigenvalue weighted by molar-refractivity contribution is -0.142. The molecule has 7 nitrogen and oxygen atoms in total. The van der Waals surface area contributed by atoms with E-state index in [-0.39, 0.29) is 47.8 Å². The maximum atomic E-state index is 13.7. The average Bonchev–Trinajstić information content (AvgIpc) is 3.22. The third kappa shape index (κ3) is 6.24. The van der Waals surface area contributed by atoms with Crippen molar-refractivity contribution in [3.63, 3.8) is 0 Å². The summed E-state index contributed by atoms with van der Waals surface area (Å²) in [6.45, 7) is 1.12. The summed E-state index contributed by atoms with van der Waals surface area (Å²) in [5.41, 5.74) is 8.20. The Bertz CT molecular complexity index is 1120. The molecule has 0 spiro atoms. The molecule has 0 radical (unpaired) electrons. The summed E-state index contributed by atoms with van der Waals surface area (Å²) in [6.07, 6.45) is 3.62. The van der Waals surface area contributed by atoms with Gasteiger partial charge < -0.3 is 10.6 Å². The molecular formula is C27H31Cl2N5O2. The second-order valence-electron chi connectivity index (χ2n) is 9.63. The van der Waals surface area contributed by atoms with E-state index in [1.54, 1.807) is 17.0 Å². The second-order valence-corrected chi connectivity index (χ2v) is 10.4. The second kappa shape index (κ2) is 12.2. The van der Waals surface area contributed by atoms with Crippen molar-refractivity contribution in [3.05, 3.63) is 63.9 Å². The SMILES string of the molecule is N#CC[C@H](C(=O)CCc1ccc(Cl)c(Cl)n1)N1CCC(CCc2ccccc2)N2C[C@H](N)C[C@H]2C1=O. The Morgan fingerprint density at radius 3 is 2.69 bits per heavy atom. The molecule has 9 heteroatoms. The number of aromatic nitrogens is 1. The lowest BCUT2D eigenvalue weighted by atomic mass is 10.00. The number of nitriles is 1. The van der Waals surface area contributed by atoms with Crippen LogP contribution >= 0.6 is 23.2 Å². The standard InChI is InChI=1S/C27H31Cl2N5O2/c28-22-10-7-20(32-26(22)29)8-11-25(35)23(12-14-30)33-15-13-21(9-6-18-4-2-1-3-5-18)34-17-19(31)16-24(34)27(33)36/h1-5,7,10,19,21,23-24H,6,8-9,11-13,15-17,31H2/t19-,21?,23-,24+/m1/s1. The van der Waals surface area contributed by atoms with E-state index in [1.807, 2.05) is 18.2 Å². The topological polar surface area (TPSA) is 103 Å². The number of benzene rings is 1. The molecular weight excluding hydrogens is 497 g/mol. The Labute approximate surface area is 222 Å². The van der Waals surface area contributed by atoms with Gasteiger partial charge in [0, 0.05) is 37.3 Å². The highest BCUT2D eigenvalue weighted by Gasteiger charge is 2.45. The molecule has 36 heavy (non-hydrogen) atoms. The van der Waals surface area contributed by atoms with Crippen molar-refractivity contribution in [2.45, 2.75) is 69.1 Å². The van der Waals surface area contributed by atoms with Gasteiger partial charge >= 0.3 is 0 Å². The Balaban J connectivity index is 1.48. The predicted molar refractivity (Wildman–Crippen MR) is 140 cm³/mol. The number of Topliss-reactive ketones (excluding diaryl/α,β-unsaturated/α-hetero) is 1. The minimum absolute atomic E-state index is 0.0349. The van der Waals surface area contributed by atoms with Crippen LogP contribution in [0.25, 0.3) is 0 Å². The van der Waals surface area contributed by atoms with Crippen LogP contribution in [0, 0.1) is 11.3 Å². The first kappa shape index (κ1) is 26.6. The van der Waals surface area contributed by atoms with Crippen molar-refractivity contribution in [1.82, 2.24) is 14.8 Å². The van der Waals surface area contributed by atoms with E-state index < -0.39 is 6.04 Å². The van der Waals surface area contributed by atoms with Gasteiger partial charge in [-0.15, -0.1) is 0 Å². The number of carbonyl (C=O) groups excluding carboxylic acids is 2. The van der Waals surface area contributed by atoms with Crippen LogP contribution in [0.4, 0.5) is 0 Å². The van der Waals surface area contributed by atoms with E-state index >= 15 is 0 Å². The zero-order valence-electron chi connectivity index (χ0n) is 20.2. The van der Waals surface area contributed by atoms with Gasteiger partial charge in [-0.1, -0.05) is 53.5 Å². The number of carbonyl (C=O) groups is 2. The number of halogens is 2. The summed E-state index contributed by atoms with van der Waals surface area (Å²) in [4.78, 5) is 35.1. The van der Waals surface area contributed by atoms with Crippen LogP contribution < -0.4 is 5.73 Å². The van der Waals surface area contributed by atoms with E-state index in [0.29, 0.717) is 36.6 Å². The Hall–Kier alpha value is -2.50. The van der Waals surface area contributed by atoms with Gasteiger partial charge in [0.15, 0.2) is 5.78 Å². The zero-order chi connectivity index (χ0) is 25.7. The van der Waals surface area contributed by atoms with Crippen LogP contribution in [0.1, 0.15) is 43.4 Å². The fourth-order valence-electron chi connectivity index (χ4n) is 5.39. The highest BCUT2D eigenvalue weighted by Crippen LogP contribution is 2.30. The lowest BCUT2D eigenvalue weighted by Crippen LogP contribution is -2.50. The van der Waals surface area contributed by atoms with Gasteiger partial charge in [0.1, 0.15) is 11.2 Å². The fourth-order valence-corrected chi connectivity index (χ4v) is 5.67. The summed E-state index contributed by atoms with van der Waals surface area (Å²) < 4.78 is 0. The molecule has 2 aliphatic heterocycles. The fraction of sp³-hybridized carbons (Fsp3) is 0.481. The van der Waals surface area contributed by atoms with Gasteiger partial charge in [-0.2, -0.15) is 5.26 Å². The minimum Gasteiger partial charge on any atom is -0.330 e. The van der Waals surface area contributed by atoms with Gasteiger partial charge in [0.2, 0.25) is 5.91 Å². The van der Waals surface area contributed by atoms with E-state index in [9.17, 15) is 14.9 Å². The van der Waals surface area contributed by atoms with Crippen LogP contribution in [0.3, 0.4) is 0 Å². The number of rotatable bonds is 9. The van der Waals surface area contributed by atoms with Crippen LogP contribution in [0.15, 0.2) is 42.5 Å². The summed E-state index contributed by atoms with van der Waals surface area (Å²) in [5, 5.41) is 10.0. The summed E-state index contributed by atoms with van der Waals surface area (Å²) >= 11 is 11.9. The summed E-state index contributed by atoms with van der Waals surface area (Å²) in [7, 11) is 0. The van der Waals surface area contributed by atoms with Crippen molar-refractivity contribution < 1.29 is 9.59 Å². The number of fused-ring (bicyclic) bond motifs is 1. The molecule has 4 atom stereocenters. The summed E-state index contributed by atoms with van der Waals surface area (Å²) in [6, 6.07) is 14.8. The molecule has 1 aromatic heterocycles. The largest absolute Gasteiger partial charge is 0.330 e. The molecule has 0 aliphatic carbocycles. The molecule has 1 unspecified atom stereocenters. The third-order valence-electron chi connectivity index (χ3n) is 7.24. The van der Waals surface area contributed by atoms with Gasteiger partial charge in [-0.25, -0.2) is 4.98 Å². The van der Waals surface area contributed by atoms with E-state index in [1.165, 1.54) is 5.56 Å².